The van der Waals surface area contributed by atoms with Crippen molar-refractivity contribution in [1.29, 1.82) is 0 Å². The SMILES string of the molecule is Cc1cccc(F)c1NC(C)c1ccc(Cl)cc1Cl. The van der Waals surface area contributed by atoms with Gasteiger partial charge < -0.3 is 5.32 Å². The first-order valence-electron chi connectivity index (χ1n) is 5.95. The van der Waals surface area contributed by atoms with E-state index in [1.54, 1.807) is 18.2 Å². The second-order valence-corrected chi connectivity index (χ2v) is 5.31. The van der Waals surface area contributed by atoms with Crippen LogP contribution >= 0.6 is 23.2 Å². The van der Waals surface area contributed by atoms with Crippen LogP contribution in [0.4, 0.5) is 10.1 Å². The molecule has 0 heterocycles. The van der Waals surface area contributed by atoms with Crippen LogP contribution in [-0.4, -0.2) is 0 Å². The van der Waals surface area contributed by atoms with E-state index in [1.165, 1.54) is 6.07 Å². The minimum Gasteiger partial charge on any atom is -0.376 e. The van der Waals surface area contributed by atoms with Crippen LogP contribution in [0.3, 0.4) is 0 Å². The van der Waals surface area contributed by atoms with E-state index >= 15 is 0 Å². The van der Waals surface area contributed by atoms with Gasteiger partial charge in [-0.25, -0.2) is 4.39 Å². The Morgan fingerprint density at radius 1 is 1.16 bits per heavy atom. The van der Waals surface area contributed by atoms with Crippen LogP contribution in [-0.2, 0) is 0 Å². The molecule has 1 nitrogen and oxygen atoms in total. The van der Waals surface area contributed by atoms with E-state index in [0.29, 0.717) is 15.7 Å². The second kappa shape index (κ2) is 5.81. The largest absolute Gasteiger partial charge is 0.376 e. The maximum atomic E-state index is 13.8. The number of anilines is 1. The van der Waals surface area contributed by atoms with Crippen molar-refractivity contribution in [1.82, 2.24) is 0 Å². The average Bonchev–Trinajstić information content (AvgIpc) is 2.33. The van der Waals surface area contributed by atoms with Crippen LogP contribution in [0.1, 0.15) is 24.1 Å². The van der Waals surface area contributed by atoms with Gasteiger partial charge in [-0.15, -0.1) is 0 Å². The highest BCUT2D eigenvalue weighted by Crippen LogP contribution is 2.30. The zero-order chi connectivity index (χ0) is 14.0. The lowest BCUT2D eigenvalue weighted by molar-refractivity contribution is 0.626. The summed E-state index contributed by atoms with van der Waals surface area (Å²) in [4.78, 5) is 0. The Bertz CT molecular complexity index is 578. The van der Waals surface area contributed by atoms with Crippen LogP contribution in [0.15, 0.2) is 36.4 Å². The number of nitrogens with one attached hydrogen (secondary N) is 1. The molecule has 1 N–H and O–H groups in total. The maximum absolute atomic E-state index is 13.8. The lowest BCUT2D eigenvalue weighted by Gasteiger charge is -2.19. The van der Waals surface area contributed by atoms with Crippen molar-refractivity contribution in [2.45, 2.75) is 19.9 Å². The van der Waals surface area contributed by atoms with Crippen molar-refractivity contribution in [2.24, 2.45) is 0 Å². The minimum atomic E-state index is -0.267. The molecular formula is C15H14Cl2FN. The first-order valence-corrected chi connectivity index (χ1v) is 6.71. The fourth-order valence-electron chi connectivity index (χ4n) is 1.96. The Kier molecular flexibility index (Phi) is 4.33. The monoisotopic (exact) mass is 297 g/mol. The third kappa shape index (κ3) is 3.20. The van der Waals surface area contributed by atoms with E-state index in [2.05, 4.69) is 5.32 Å². The number of hydrogen-bond donors (Lipinski definition) is 1. The fourth-order valence-corrected chi connectivity index (χ4v) is 2.53. The number of rotatable bonds is 3. The Labute approximate surface area is 122 Å². The summed E-state index contributed by atoms with van der Waals surface area (Å²) in [6.45, 7) is 3.79. The second-order valence-electron chi connectivity index (χ2n) is 4.46. The molecule has 0 saturated heterocycles. The molecule has 2 aromatic carbocycles. The summed E-state index contributed by atoms with van der Waals surface area (Å²) in [7, 11) is 0. The topological polar surface area (TPSA) is 12.0 Å². The molecule has 19 heavy (non-hydrogen) atoms. The van der Waals surface area contributed by atoms with Gasteiger partial charge in [-0.05, 0) is 43.2 Å². The summed E-state index contributed by atoms with van der Waals surface area (Å²) in [5.74, 6) is -0.267. The molecular weight excluding hydrogens is 284 g/mol. The fraction of sp³-hybridized carbons (Fsp3) is 0.200. The van der Waals surface area contributed by atoms with Crippen LogP contribution in [0.5, 0.6) is 0 Å². The molecule has 0 aliphatic heterocycles. The lowest BCUT2D eigenvalue weighted by Crippen LogP contribution is -2.09. The van der Waals surface area contributed by atoms with Crippen molar-refractivity contribution in [3.63, 3.8) is 0 Å². The highest BCUT2D eigenvalue weighted by molar-refractivity contribution is 6.35. The Morgan fingerprint density at radius 3 is 2.53 bits per heavy atom. The minimum absolute atomic E-state index is 0.111. The number of halogens is 3. The molecule has 1 atom stereocenters. The molecule has 0 aliphatic carbocycles. The van der Waals surface area contributed by atoms with Gasteiger partial charge >= 0.3 is 0 Å². The van der Waals surface area contributed by atoms with Crippen molar-refractivity contribution >= 4 is 28.9 Å². The molecule has 0 aromatic heterocycles. The first-order chi connectivity index (χ1) is 8.99. The quantitative estimate of drug-likeness (QED) is 0.776. The molecule has 1 unspecified atom stereocenters. The summed E-state index contributed by atoms with van der Waals surface area (Å²) >= 11 is 12.0. The van der Waals surface area contributed by atoms with E-state index in [9.17, 15) is 4.39 Å². The van der Waals surface area contributed by atoms with E-state index in [1.807, 2.05) is 26.0 Å². The van der Waals surface area contributed by atoms with Crippen molar-refractivity contribution in [2.75, 3.05) is 5.32 Å². The summed E-state index contributed by atoms with van der Waals surface area (Å²) in [6.07, 6.45) is 0. The summed E-state index contributed by atoms with van der Waals surface area (Å²) in [5, 5.41) is 4.31. The number of aryl methyl sites for hydroxylation is 1. The van der Waals surface area contributed by atoms with Gasteiger partial charge in [0.1, 0.15) is 5.82 Å². The van der Waals surface area contributed by atoms with Gasteiger partial charge in [0.05, 0.1) is 11.7 Å². The highest BCUT2D eigenvalue weighted by Gasteiger charge is 2.13. The zero-order valence-corrected chi connectivity index (χ0v) is 12.2. The Hall–Kier alpha value is -1.25. The molecule has 0 amide bonds. The number of benzene rings is 2. The summed E-state index contributed by atoms with van der Waals surface area (Å²) < 4.78 is 13.8. The van der Waals surface area contributed by atoms with Gasteiger partial charge in [-0.1, -0.05) is 41.4 Å². The van der Waals surface area contributed by atoms with Crippen LogP contribution in [0.25, 0.3) is 0 Å². The number of para-hydroxylation sites is 1. The summed E-state index contributed by atoms with van der Waals surface area (Å²) in [6, 6.07) is 10.2. The third-order valence-corrected chi connectivity index (χ3v) is 3.57. The molecule has 0 bridgehead atoms. The van der Waals surface area contributed by atoms with Gasteiger partial charge in [0.25, 0.3) is 0 Å². The molecule has 2 rings (SSSR count). The zero-order valence-electron chi connectivity index (χ0n) is 10.7. The third-order valence-electron chi connectivity index (χ3n) is 3.01. The molecule has 100 valence electrons. The molecule has 0 spiro atoms. The molecule has 0 radical (unpaired) electrons. The summed E-state index contributed by atoms with van der Waals surface area (Å²) in [5.41, 5.74) is 2.24. The lowest BCUT2D eigenvalue weighted by atomic mass is 10.1. The number of hydrogen-bond acceptors (Lipinski definition) is 1. The van der Waals surface area contributed by atoms with E-state index in [4.69, 9.17) is 23.2 Å². The maximum Gasteiger partial charge on any atom is 0.146 e. The van der Waals surface area contributed by atoms with Gasteiger partial charge in [-0.3, -0.25) is 0 Å². The Morgan fingerprint density at radius 2 is 1.89 bits per heavy atom. The smallest absolute Gasteiger partial charge is 0.146 e. The predicted molar refractivity (Wildman–Crippen MR) is 79.6 cm³/mol. The van der Waals surface area contributed by atoms with Gasteiger partial charge in [0, 0.05) is 10.0 Å². The molecule has 0 fully saturated rings. The molecule has 4 heteroatoms. The molecule has 0 saturated carbocycles. The standard InChI is InChI=1S/C15H14Cl2FN/c1-9-4-3-5-14(18)15(9)19-10(2)12-7-6-11(16)8-13(12)17/h3-8,10,19H,1-2H3. The van der Waals surface area contributed by atoms with Crippen LogP contribution < -0.4 is 5.32 Å². The predicted octanol–water partition coefficient (Wildman–Crippen LogP) is 5.61. The Balaban J connectivity index is 2.28. The van der Waals surface area contributed by atoms with Gasteiger partial charge in [0.2, 0.25) is 0 Å². The van der Waals surface area contributed by atoms with E-state index in [-0.39, 0.29) is 11.9 Å². The van der Waals surface area contributed by atoms with Crippen molar-refractivity contribution in [3.8, 4) is 0 Å². The molecule has 2 aromatic rings. The van der Waals surface area contributed by atoms with E-state index < -0.39 is 0 Å². The highest BCUT2D eigenvalue weighted by atomic mass is 35.5. The normalized spacial score (nSPS) is 12.3. The average molecular weight is 298 g/mol. The van der Waals surface area contributed by atoms with Crippen molar-refractivity contribution < 1.29 is 4.39 Å². The molecule has 0 aliphatic rings. The van der Waals surface area contributed by atoms with Crippen molar-refractivity contribution in [3.05, 3.63) is 63.4 Å². The van der Waals surface area contributed by atoms with E-state index in [0.717, 1.165) is 11.1 Å². The van der Waals surface area contributed by atoms with Crippen LogP contribution in [0, 0.1) is 12.7 Å². The first kappa shape index (κ1) is 14.2. The van der Waals surface area contributed by atoms with Gasteiger partial charge in [0.15, 0.2) is 0 Å². The van der Waals surface area contributed by atoms with Crippen LogP contribution in [0.2, 0.25) is 10.0 Å². The van der Waals surface area contributed by atoms with Gasteiger partial charge in [-0.2, -0.15) is 0 Å².